The average Bonchev–Trinajstić information content (AvgIpc) is 2.54. The lowest BCUT2D eigenvalue weighted by Gasteiger charge is -2.18. The van der Waals surface area contributed by atoms with Crippen molar-refractivity contribution in [3.05, 3.63) is 28.8 Å². The number of ether oxygens (including phenoxy) is 1. The lowest BCUT2D eigenvalue weighted by atomic mass is 9.94. The van der Waals surface area contributed by atoms with Crippen molar-refractivity contribution in [1.29, 1.82) is 0 Å². The molecule has 3 atom stereocenters. The lowest BCUT2D eigenvalue weighted by Crippen LogP contribution is -2.20. The topological polar surface area (TPSA) is 21.3 Å². The van der Waals surface area contributed by atoms with Crippen LogP contribution in [0.25, 0.3) is 0 Å². The number of benzene rings is 1. The van der Waals surface area contributed by atoms with E-state index in [0.717, 1.165) is 5.75 Å². The summed E-state index contributed by atoms with van der Waals surface area (Å²) in [6.45, 7) is 6.79. The van der Waals surface area contributed by atoms with Gasteiger partial charge in [-0.3, -0.25) is 0 Å². The summed E-state index contributed by atoms with van der Waals surface area (Å²) in [6, 6.07) is 4.71. The Bertz CT molecular complexity index is 400. The van der Waals surface area contributed by atoms with Crippen LogP contribution in [-0.2, 0) is 0 Å². The van der Waals surface area contributed by atoms with Gasteiger partial charge in [-0.2, -0.15) is 0 Å². The molecule has 2 heteroatoms. The number of fused-ring (bicyclic) bond motifs is 1. The molecule has 2 nitrogen and oxygen atoms in total. The van der Waals surface area contributed by atoms with Gasteiger partial charge in [0.25, 0.3) is 0 Å². The van der Waals surface area contributed by atoms with E-state index in [2.05, 4.69) is 38.2 Å². The Hall–Kier alpha value is -1.02. The zero-order valence-electron chi connectivity index (χ0n) is 10.8. The highest BCUT2D eigenvalue weighted by atomic mass is 16.5. The van der Waals surface area contributed by atoms with Gasteiger partial charge in [0.1, 0.15) is 5.75 Å². The molecule has 0 saturated heterocycles. The van der Waals surface area contributed by atoms with Crippen LogP contribution in [0.5, 0.6) is 5.75 Å². The van der Waals surface area contributed by atoms with E-state index in [9.17, 15) is 0 Å². The molecule has 0 spiro atoms. The van der Waals surface area contributed by atoms with Gasteiger partial charge in [-0.05, 0) is 43.0 Å². The Labute approximate surface area is 98.0 Å². The molecule has 2 rings (SSSR count). The van der Waals surface area contributed by atoms with E-state index in [1.54, 1.807) is 7.11 Å². The Morgan fingerprint density at radius 3 is 2.44 bits per heavy atom. The third-order valence-corrected chi connectivity index (χ3v) is 4.08. The lowest BCUT2D eigenvalue weighted by molar-refractivity contribution is 0.386. The number of hydrogen-bond donors (Lipinski definition) is 1. The second kappa shape index (κ2) is 4.10. The van der Waals surface area contributed by atoms with E-state index in [1.165, 1.54) is 16.7 Å². The van der Waals surface area contributed by atoms with Crippen molar-refractivity contribution in [1.82, 2.24) is 5.32 Å². The van der Waals surface area contributed by atoms with E-state index >= 15 is 0 Å². The van der Waals surface area contributed by atoms with Crippen molar-refractivity contribution in [2.75, 3.05) is 14.2 Å². The summed E-state index contributed by atoms with van der Waals surface area (Å²) in [5.74, 6) is 2.22. The van der Waals surface area contributed by atoms with Crippen molar-refractivity contribution in [3.8, 4) is 5.75 Å². The molecule has 1 aromatic rings. The molecule has 1 aliphatic carbocycles. The third-order valence-electron chi connectivity index (χ3n) is 4.08. The van der Waals surface area contributed by atoms with Gasteiger partial charge in [0, 0.05) is 11.6 Å². The largest absolute Gasteiger partial charge is 0.496 e. The second-order valence-corrected chi connectivity index (χ2v) is 4.83. The summed E-state index contributed by atoms with van der Waals surface area (Å²) in [7, 11) is 3.80. The van der Waals surface area contributed by atoms with Crippen molar-refractivity contribution in [2.24, 2.45) is 5.92 Å². The maximum absolute atomic E-state index is 5.50. The van der Waals surface area contributed by atoms with Crippen LogP contribution in [0.15, 0.2) is 12.1 Å². The molecule has 0 heterocycles. The molecule has 1 aliphatic rings. The first-order valence-electron chi connectivity index (χ1n) is 5.96. The number of rotatable bonds is 2. The van der Waals surface area contributed by atoms with E-state index < -0.39 is 0 Å². The molecule has 0 aliphatic heterocycles. The van der Waals surface area contributed by atoms with Crippen LogP contribution in [-0.4, -0.2) is 14.2 Å². The fourth-order valence-corrected chi connectivity index (χ4v) is 3.01. The van der Waals surface area contributed by atoms with Gasteiger partial charge in [-0.15, -0.1) is 0 Å². The summed E-state index contributed by atoms with van der Waals surface area (Å²) in [5, 5.41) is 3.44. The summed E-state index contributed by atoms with van der Waals surface area (Å²) in [5.41, 5.74) is 4.21. The van der Waals surface area contributed by atoms with Crippen LogP contribution in [0.4, 0.5) is 0 Å². The van der Waals surface area contributed by atoms with E-state index in [0.29, 0.717) is 17.9 Å². The second-order valence-electron chi connectivity index (χ2n) is 4.83. The first kappa shape index (κ1) is 11.5. The first-order valence-corrected chi connectivity index (χ1v) is 5.96. The van der Waals surface area contributed by atoms with Gasteiger partial charge in [0.15, 0.2) is 0 Å². The molecule has 1 N–H and O–H groups in total. The van der Waals surface area contributed by atoms with Gasteiger partial charge in [0.05, 0.1) is 7.11 Å². The molecule has 1 aromatic carbocycles. The summed E-state index contributed by atoms with van der Waals surface area (Å²) in [6.07, 6.45) is 0. The average molecular weight is 219 g/mol. The van der Waals surface area contributed by atoms with Gasteiger partial charge in [-0.1, -0.05) is 19.9 Å². The van der Waals surface area contributed by atoms with Gasteiger partial charge in [0.2, 0.25) is 0 Å². The Morgan fingerprint density at radius 2 is 1.88 bits per heavy atom. The maximum Gasteiger partial charge on any atom is 0.122 e. The van der Waals surface area contributed by atoms with Crippen molar-refractivity contribution in [3.63, 3.8) is 0 Å². The Morgan fingerprint density at radius 1 is 1.19 bits per heavy atom. The molecule has 0 aromatic heterocycles. The molecule has 0 radical (unpaired) electrons. The minimum absolute atomic E-state index is 0.458. The van der Waals surface area contributed by atoms with Crippen LogP contribution in [0.2, 0.25) is 0 Å². The van der Waals surface area contributed by atoms with Crippen molar-refractivity contribution in [2.45, 2.75) is 32.7 Å². The summed E-state index contributed by atoms with van der Waals surface area (Å²) < 4.78 is 5.50. The zero-order valence-corrected chi connectivity index (χ0v) is 10.8. The van der Waals surface area contributed by atoms with E-state index in [4.69, 9.17) is 4.74 Å². The monoisotopic (exact) mass is 219 g/mol. The predicted molar refractivity (Wildman–Crippen MR) is 67.1 cm³/mol. The normalized spacial score (nSPS) is 27.9. The smallest absolute Gasteiger partial charge is 0.122 e. The van der Waals surface area contributed by atoms with Crippen LogP contribution in [0, 0.1) is 12.8 Å². The highest BCUT2D eigenvalue weighted by Crippen LogP contribution is 2.49. The van der Waals surface area contributed by atoms with Gasteiger partial charge < -0.3 is 10.1 Å². The van der Waals surface area contributed by atoms with Crippen LogP contribution in [0.3, 0.4) is 0 Å². The van der Waals surface area contributed by atoms with Crippen LogP contribution >= 0.6 is 0 Å². The standard InChI is InChI=1S/C14H21NO/c1-8-6-7-11(16-5)13-9(2)10(3)14(15-4)12(8)13/h6-7,9-10,14-15H,1-5H3. The molecule has 16 heavy (non-hydrogen) atoms. The Balaban J connectivity index is 2.63. The SMILES string of the molecule is CNC1c2c(C)ccc(OC)c2C(C)C1C. The molecule has 0 amide bonds. The zero-order chi connectivity index (χ0) is 11.9. The van der Waals surface area contributed by atoms with E-state index in [1.807, 2.05) is 7.05 Å². The number of hydrogen-bond acceptors (Lipinski definition) is 2. The summed E-state index contributed by atoms with van der Waals surface area (Å²) in [4.78, 5) is 0. The first-order chi connectivity index (χ1) is 7.61. The fraction of sp³-hybridized carbons (Fsp3) is 0.571. The number of aryl methyl sites for hydroxylation is 1. The molecule has 0 saturated carbocycles. The number of methoxy groups -OCH3 is 1. The highest BCUT2D eigenvalue weighted by molar-refractivity contribution is 5.52. The third kappa shape index (κ3) is 1.44. The molecular formula is C14H21NO. The molecule has 3 unspecified atom stereocenters. The molecule has 88 valence electrons. The predicted octanol–water partition coefficient (Wildman–Crippen LogP) is 3.02. The minimum Gasteiger partial charge on any atom is -0.496 e. The molecule has 0 fully saturated rings. The summed E-state index contributed by atoms with van der Waals surface area (Å²) >= 11 is 0. The quantitative estimate of drug-likeness (QED) is 0.825. The highest BCUT2D eigenvalue weighted by Gasteiger charge is 2.37. The number of nitrogens with one attached hydrogen (secondary N) is 1. The van der Waals surface area contributed by atoms with Crippen molar-refractivity contribution >= 4 is 0 Å². The van der Waals surface area contributed by atoms with Gasteiger partial charge >= 0.3 is 0 Å². The maximum atomic E-state index is 5.50. The molecule has 0 bridgehead atoms. The molecular weight excluding hydrogens is 198 g/mol. The van der Waals surface area contributed by atoms with Gasteiger partial charge in [-0.25, -0.2) is 0 Å². The van der Waals surface area contributed by atoms with E-state index in [-0.39, 0.29) is 0 Å². The minimum atomic E-state index is 0.458. The fourth-order valence-electron chi connectivity index (χ4n) is 3.01. The Kier molecular flexibility index (Phi) is 2.94. The van der Waals surface area contributed by atoms with Crippen LogP contribution in [0.1, 0.15) is 42.5 Å². The van der Waals surface area contributed by atoms with Crippen LogP contribution < -0.4 is 10.1 Å². The van der Waals surface area contributed by atoms with Crippen molar-refractivity contribution < 1.29 is 4.74 Å².